The van der Waals surface area contributed by atoms with Crippen molar-refractivity contribution in [2.24, 2.45) is 5.92 Å². The third kappa shape index (κ3) is 2.95. The number of hydrogen-bond acceptors (Lipinski definition) is 3. The van der Waals surface area contributed by atoms with E-state index in [9.17, 15) is 4.79 Å². The van der Waals surface area contributed by atoms with Crippen LogP contribution in [0.4, 0.5) is 5.82 Å². The maximum Gasteiger partial charge on any atom is 0.259 e. The lowest BCUT2D eigenvalue weighted by atomic mass is 10.1. The lowest BCUT2D eigenvalue weighted by Crippen LogP contribution is -2.31. The fourth-order valence-corrected chi connectivity index (χ4v) is 3.28. The maximum absolute atomic E-state index is 12.6. The number of nitrogens with two attached hydrogens (primary N) is 1. The highest BCUT2D eigenvalue weighted by molar-refractivity contribution is 5.83. The first-order valence-corrected chi connectivity index (χ1v) is 7.75. The summed E-state index contributed by atoms with van der Waals surface area (Å²) in [5.41, 5.74) is 6.12. The first kappa shape index (κ1) is 14.1. The summed E-state index contributed by atoms with van der Waals surface area (Å²) in [4.78, 5) is 15.1. The zero-order valence-electron chi connectivity index (χ0n) is 12.6. The van der Waals surface area contributed by atoms with Gasteiger partial charge in [0.25, 0.3) is 5.56 Å². The fraction of sp³-hybridized carbons (Fsp3) is 0.471. The monoisotopic (exact) mass is 285 g/mol. The molecule has 0 radical (unpaired) electrons. The summed E-state index contributed by atoms with van der Waals surface area (Å²) >= 11 is 0. The van der Waals surface area contributed by atoms with Crippen LogP contribution in [0, 0.1) is 5.92 Å². The molecule has 1 saturated heterocycles. The molecule has 112 valence electrons. The maximum atomic E-state index is 12.6. The molecule has 4 nitrogen and oxygen atoms in total. The van der Waals surface area contributed by atoms with E-state index in [0.29, 0.717) is 18.3 Å². The molecule has 0 saturated carbocycles. The van der Waals surface area contributed by atoms with E-state index >= 15 is 0 Å². The molecule has 0 aliphatic carbocycles. The van der Waals surface area contributed by atoms with Crippen LogP contribution in [0.25, 0.3) is 10.8 Å². The SMILES string of the molecule is CC(CN1CCCC1)Cn1c(N)cc2ccccc2c1=O. The Bertz CT molecular complexity index is 686. The van der Waals surface area contributed by atoms with Crippen LogP contribution < -0.4 is 11.3 Å². The second-order valence-electron chi connectivity index (χ2n) is 6.19. The molecule has 2 aromatic rings. The summed E-state index contributed by atoms with van der Waals surface area (Å²) in [5, 5.41) is 1.67. The number of nitrogens with zero attached hydrogens (tertiary/aromatic N) is 2. The van der Waals surface area contributed by atoms with Gasteiger partial charge in [0.1, 0.15) is 5.82 Å². The van der Waals surface area contributed by atoms with E-state index in [0.717, 1.165) is 17.3 Å². The van der Waals surface area contributed by atoms with E-state index in [-0.39, 0.29) is 5.56 Å². The first-order chi connectivity index (χ1) is 10.1. The Labute approximate surface area is 125 Å². The average Bonchev–Trinajstić information content (AvgIpc) is 2.96. The van der Waals surface area contributed by atoms with Crippen molar-refractivity contribution in [2.45, 2.75) is 26.3 Å². The van der Waals surface area contributed by atoms with E-state index in [1.807, 2.05) is 30.3 Å². The molecule has 1 unspecified atom stereocenters. The number of nitrogen functional groups attached to an aromatic ring is 1. The molecule has 1 aliphatic heterocycles. The molecule has 0 spiro atoms. The summed E-state index contributed by atoms with van der Waals surface area (Å²) in [5.74, 6) is 0.983. The Kier molecular flexibility index (Phi) is 3.97. The van der Waals surface area contributed by atoms with Crippen molar-refractivity contribution in [3.05, 3.63) is 40.7 Å². The molecule has 1 fully saturated rings. The van der Waals surface area contributed by atoms with Crippen molar-refractivity contribution in [1.29, 1.82) is 0 Å². The summed E-state index contributed by atoms with van der Waals surface area (Å²) in [6.07, 6.45) is 2.59. The second-order valence-corrected chi connectivity index (χ2v) is 6.19. The standard InChI is InChI=1S/C17H23N3O/c1-13(11-19-8-4-5-9-19)12-20-16(18)10-14-6-2-3-7-15(14)17(20)21/h2-3,6-7,10,13H,4-5,8-9,11-12,18H2,1H3. The smallest absolute Gasteiger partial charge is 0.259 e. The van der Waals surface area contributed by atoms with Gasteiger partial charge in [0.15, 0.2) is 0 Å². The molecule has 0 bridgehead atoms. The Hall–Kier alpha value is -1.81. The number of likely N-dealkylation sites (tertiary alicyclic amines) is 1. The highest BCUT2D eigenvalue weighted by Crippen LogP contribution is 2.16. The van der Waals surface area contributed by atoms with Gasteiger partial charge in [-0.2, -0.15) is 0 Å². The van der Waals surface area contributed by atoms with Gasteiger partial charge < -0.3 is 10.6 Å². The minimum absolute atomic E-state index is 0.0267. The van der Waals surface area contributed by atoms with Crippen LogP contribution in [0.3, 0.4) is 0 Å². The molecule has 2 N–H and O–H groups in total. The summed E-state index contributed by atoms with van der Waals surface area (Å²) in [6, 6.07) is 9.54. The lowest BCUT2D eigenvalue weighted by molar-refractivity contribution is 0.271. The van der Waals surface area contributed by atoms with Crippen molar-refractivity contribution < 1.29 is 0 Å². The van der Waals surface area contributed by atoms with Crippen LogP contribution in [0.2, 0.25) is 0 Å². The van der Waals surface area contributed by atoms with Gasteiger partial charge in [-0.1, -0.05) is 25.1 Å². The molecule has 1 atom stereocenters. The molecule has 1 aliphatic rings. The summed E-state index contributed by atoms with van der Waals surface area (Å²) < 4.78 is 1.73. The van der Waals surface area contributed by atoms with Crippen molar-refractivity contribution >= 4 is 16.6 Å². The highest BCUT2D eigenvalue weighted by Gasteiger charge is 2.16. The van der Waals surface area contributed by atoms with Crippen LogP contribution in [-0.2, 0) is 6.54 Å². The number of fused-ring (bicyclic) bond motifs is 1. The minimum Gasteiger partial charge on any atom is -0.385 e. The third-order valence-corrected chi connectivity index (χ3v) is 4.31. The zero-order valence-corrected chi connectivity index (χ0v) is 12.6. The molecular formula is C17H23N3O. The molecule has 3 rings (SSSR count). The number of aromatic nitrogens is 1. The van der Waals surface area contributed by atoms with Gasteiger partial charge in [-0.15, -0.1) is 0 Å². The molecule has 1 aromatic carbocycles. The number of pyridine rings is 1. The van der Waals surface area contributed by atoms with Gasteiger partial charge in [-0.25, -0.2) is 0 Å². The number of benzene rings is 1. The molecule has 0 amide bonds. The number of rotatable bonds is 4. The van der Waals surface area contributed by atoms with Crippen molar-refractivity contribution in [3.8, 4) is 0 Å². The van der Waals surface area contributed by atoms with Crippen LogP contribution in [-0.4, -0.2) is 29.1 Å². The Morgan fingerprint density at radius 2 is 1.90 bits per heavy atom. The van der Waals surface area contributed by atoms with Crippen LogP contribution in [0.15, 0.2) is 35.1 Å². The van der Waals surface area contributed by atoms with E-state index in [1.54, 1.807) is 4.57 Å². The van der Waals surface area contributed by atoms with Gasteiger partial charge in [0.2, 0.25) is 0 Å². The van der Waals surface area contributed by atoms with Crippen LogP contribution in [0.1, 0.15) is 19.8 Å². The van der Waals surface area contributed by atoms with E-state index in [1.165, 1.54) is 25.9 Å². The van der Waals surface area contributed by atoms with Gasteiger partial charge >= 0.3 is 0 Å². The molecule has 4 heteroatoms. The van der Waals surface area contributed by atoms with Gasteiger partial charge in [-0.05, 0) is 49.4 Å². The lowest BCUT2D eigenvalue weighted by Gasteiger charge is -2.22. The molecular weight excluding hydrogens is 262 g/mol. The van der Waals surface area contributed by atoms with Crippen molar-refractivity contribution in [1.82, 2.24) is 9.47 Å². The predicted octanol–water partition coefficient (Wildman–Crippen LogP) is 2.32. The van der Waals surface area contributed by atoms with Gasteiger partial charge in [0, 0.05) is 18.5 Å². The largest absolute Gasteiger partial charge is 0.385 e. The Morgan fingerprint density at radius 1 is 1.19 bits per heavy atom. The summed E-state index contributed by atoms with van der Waals surface area (Å²) in [6.45, 7) is 6.29. The quantitative estimate of drug-likeness (QED) is 0.938. The third-order valence-electron chi connectivity index (χ3n) is 4.31. The Balaban J connectivity index is 1.84. The fourth-order valence-electron chi connectivity index (χ4n) is 3.28. The average molecular weight is 285 g/mol. The normalized spacial score (nSPS) is 17.4. The predicted molar refractivity (Wildman–Crippen MR) is 87.5 cm³/mol. The van der Waals surface area contributed by atoms with Gasteiger partial charge in [0.05, 0.1) is 0 Å². The van der Waals surface area contributed by atoms with Crippen molar-refractivity contribution in [3.63, 3.8) is 0 Å². The molecule has 2 heterocycles. The molecule has 21 heavy (non-hydrogen) atoms. The van der Waals surface area contributed by atoms with E-state index in [4.69, 9.17) is 5.73 Å². The number of hydrogen-bond donors (Lipinski definition) is 1. The zero-order chi connectivity index (χ0) is 14.8. The van der Waals surface area contributed by atoms with Crippen LogP contribution in [0.5, 0.6) is 0 Å². The highest BCUT2D eigenvalue weighted by atomic mass is 16.1. The van der Waals surface area contributed by atoms with Crippen LogP contribution >= 0.6 is 0 Å². The first-order valence-electron chi connectivity index (χ1n) is 7.75. The van der Waals surface area contributed by atoms with Gasteiger partial charge in [-0.3, -0.25) is 9.36 Å². The topological polar surface area (TPSA) is 51.3 Å². The Morgan fingerprint density at radius 3 is 2.67 bits per heavy atom. The van der Waals surface area contributed by atoms with Crippen molar-refractivity contribution in [2.75, 3.05) is 25.4 Å². The van der Waals surface area contributed by atoms with E-state index < -0.39 is 0 Å². The molecule has 1 aromatic heterocycles. The summed E-state index contributed by atoms with van der Waals surface area (Å²) in [7, 11) is 0. The second kappa shape index (κ2) is 5.90. The number of anilines is 1. The minimum atomic E-state index is 0.0267. The van der Waals surface area contributed by atoms with E-state index in [2.05, 4.69) is 11.8 Å².